The van der Waals surface area contributed by atoms with Crippen molar-refractivity contribution in [1.29, 1.82) is 0 Å². The average Bonchev–Trinajstić information content (AvgIpc) is 3.45. The van der Waals surface area contributed by atoms with Crippen molar-refractivity contribution in [3.63, 3.8) is 0 Å². The van der Waals surface area contributed by atoms with E-state index >= 15 is 0 Å². The molecule has 0 spiro atoms. The van der Waals surface area contributed by atoms with Gasteiger partial charge in [0, 0.05) is 36.5 Å². The zero-order chi connectivity index (χ0) is 25.0. The molecule has 0 saturated carbocycles. The van der Waals surface area contributed by atoms with Crippen LogP contribution in [0, 0.1) is 0 Å². The van der Waals surface area contributed by atoms with Gasteiger partial charge in [0.15, 0.2) is 5.78 Å². The maximum Gasteiger partial charge on any atom is 0.244 e. The Kier molecular flexibility index (Phi) is 7.32. The van der Waals surface area contributed by atoms with Crippen molar-refractivity contribution in [3.8, 4) is 11.1 Å². The Morgan fingerprint density at radius 1 is 0.861 bits per heavy atom. The summed E-state index contributed by atoms with van der Waals surface area (Å²) in [6.45, 7) is 0.309. The highest BCUT2D eigenvalue weighted by Gasteiger charge is 2.40. The maximum atomic E-state index is 13.6. The predicted octanol–water partition coefficient (Wildman–Crippen LogP) is 5.60. The first-order valence-corrected chi connectivity index (χ1v) is 14.3. The van der Waals surface area contributed by atoms with Gasteiger partial charge in [-0.1, -0.05) is 78.9 Å². The predicted molar refractivity (Wildman–Crippen MR) is 144 cm³/mol. The first kappa shape index (κ1) is 24.4. The molecule has 36 heavy (non-hydrogen) atoms. The molecule has 1 aromatic heterocycles. The molecule has 0 radical (unpaired) electrons. The van der Waals surface area contributed by atoms with Crippen LogP contribution in [0.1, 0.15) is 23.6 Å². The quantitative estimate of drug-likeness (QED) is 0.306. The number of aromatic nitrogens is 1. The fraction of sp³-hybridized carbons (Fsp3) is 0.172. The maximum absolute atomic E-state index is 13.6. The molecule has 5 nitrogen and oxygen atoms in total. The highest BCUT2D eigenvalue weighted by Crippen LogP contribution is 2.35. The van der Waals surface area contributed by atoms with Gasteiger partial charge < -0.3 is 0 Å². The molecule has 0 aliphatic carbocycles. The summed E-state index contributed by atoms with van der Waals surface area (Å²) in [7, 11) is -3.82. The lowest BCUT2D eigenvalue weighted by molar-refractivity contribution is -0.120. The number of benzene rings is 3. The Balaban J connectivity index is 1.38. The smallest absolute Gasteiger partial charge is 0.244 e. The van der Waals surface area contributed by atoms with Crippen molar-refractivity contribution in [2.24, 2.45) is 0 Å². The summed E-state index contributed by atoms with van der Waals surface area (Å²) in [5.74, 6) is 0.231. The molecule has 1 saturated heterocycles. The molecule has 7 heteroatoms. The number of nitrogens with zero attached hydrogens (tertiary/aromatic N) is 2. The molecule has 1 fully saturated rings. The van der Waals surface area contributed by atoms with Crippen LogP contribution < -0.4 is 0 Å². The Hall–Kier alpha value is -3.26. The SMILES string of the molecule is O=C(C[C@H](c1ccccc1)c1ccccn1)C1SCCN1S(=O)(=O)c1ccc(-c2ccccc2)cc1. The molecule has 1 aliphatic heterocycles. The third-order valence-electron chi connectivity index (χ3n) is 6.34. The van der Waals surface area contributed by atoms with Crippen molar-refractivity contribution in [3.05, 3.63) is 121 Å². The van der Waals surface area contributed by atoms with Gasteiger partial charge in [0.05, 0.1) is 4.90 Å². The number of pyridine rings is 1. The molecule has 1 aliphatic rings. The molecule has 0 amide bonds. The van der Waals surface area contributed by atoms with Gasteiger partial charge in [-0.3, -0.25) is 9.78 Å². The monoisotopic (exact) mass is 514 g/mol. The molecule has 182 valence electrons. The van der Waals surface area contributed by atoms with Crippen molar-refractivity contribution in [2.75, 3.05) is 12.3 Å². The summed E-state index contributed by atoms with van der Waals surface area (Å²) in [4.78, 5) is 18.3. The number of carbonyl (C=O) groups excluding carboxylic acids is 1. The van der Waals surface area contributed by atoms with Crippen molar-refractivity contribution in [2.45, 2.75) is 22.6 Å². The lowest BCUT2D eigenvalue weighted by Crippen LogP contribution is -2.39. The van der Waals surface area contributed by atoms with E-state index in [1.807, 2.05) is 91.0 Å². The van der Waals surface area contributed by atoms with Crippen LogP contribution in [0.2, 0.25) is 0 Å². The Bertz CT molecular complexity index is 1370. The van der Waals surface area contributed by atoms with Crippen LogP contribution in [-0.2, 0) is 14.8 Å². The van der Waals surface area contributed by atoms with Gasteiger partial charge in [-0.25, -0.2) is 8.42 Å². The van der Waals surface area contributed by atoms with Crippen LogP contribution in [0.3, 0.4) is 0 Å². The van der Waals surface area contributed by atoms with Crippen LogP contribution >= 0.6 is 11.8 Å². The summed E-state index contributed by atoms with van der Waals surface area (Å²) in [6.07, 6.45) is 1.90. The van der Waals surface area contributed by atoms with Crippen LogP contribution in [0.15, 0.2) is 114 Å². The van der Waals surface area contributed by atoms with Gasteiger partial charge in [0.1, 0.15) is 5.37 Å². The van der Waals surface area contributed by atoms with E-state index in [1.54, 1.807) is 18.3 Å². The van der Waals surface area contributed by atoms with E-state index < -0.39 is 15.4 Å². The second kappa shape index (κ2) is 10.8. The third-order valence-corrected chi connectivity index (χ3v) is 9.61. The summed E-state index contributed by atoms with van der Waals surface area (Å²) in [5, 5.41) is -0.751. The molecular weight excluding hydrogens is 488 g/mol. The minimum absolute atomic E-state index is 0.110. The highest BCUT2D eigenvalue weighted by atomic mass is 32.2. The first-order valence-electron chi connectivity index (χ1n) is 11.8. The third kappa shape index (κ3) is 5.14. The standard InChI is InChI=1S/C29H26N2O3S2/c32-28(21-26(24-11-5-2-6-12-24)27-13-7-8-18-30-27)29-31(19-20-35-29)36(33,34)25-16-14-23(15-17-25)22-9-3-1-4-10-22/h1-18,26,29H,19-21H2/t26-,29?/m1/s1. The van der Waals surface area contributed by atoms with E-state index in [0.717, 1.165) is 22.4 Å². The second-order valence-electron chi connectivity index (χ2n) is 8.62. The number of rotatable bonds is 8. The van der Waals surface area contributed by atoms with Crippen molar-refractivity contribution >= 4 is 27.6 Å². The molecule has 2 heterocycles. The van der Waals surface area contributed by atoms with E-state index in [4.69, 9.17) is 0 Å². The Morgan fingerprint density at radius 3 is 2.17 bits per heavy atom. The van der Waals surface area contributed by atoms with Gasteiger partial charge in [0.25, 0.3) is 0 Å². The van der Waals surface area contributed by atoms with Gasteiger partial charge in [-0.05, 0) is 41.0 Å². The van der Waals surface area contributed by atoms with Crippen molar-refractivity contribution in [1.82, 2.24) is 9.29 Å². The topological polar surface area (TPSA) is 67.3 Å². The number of hydrogen-bond donors (Lipinski definition) is 0. The molecular formula is C29H26N2O3S2. The van der Waals surface area contributed by atoms with Gasteiger partial charge in [-0.2, -0.15) is 4.31 Å². The van der Waals surface area contributed by atoms with Gasteiger partial charge in [0.2, 0.25) is 10.0 Å². The summed E-state index contributed by atoms with van der Waals surface area (Å²) >= 11 is 1.39. The zero-order valence-corrected chi connectivity index (χ0v) is 21.2. The van der Waals surface area contributed by atoms with Crippen LogP contribution in [0.5, 0.6) is 0 Å². The van der Waals surface area contributed by atoms with Gasteiger partial charge in [-0.15, -0.1) is 11.8 Å². The average molecular weight is 515 g/mol. The van der Waals surface area contributed by atoms with Gasteiger partial charge >= 0.3 is 0 Å². The van der Waals surface area contributed by atoms with E-state index in [-0.39, 0.29) is 23.0 Å². The second-order valence-corrected chi connectivity index (χ2v) is 11.7. The molecule has 5 rings (SSSR count). The van der Waals surface area contributed by atoms with E-state index in [1.165, 1.54) is 16.1 Å². The van der Waals surface area contributed by atoms with E-state index in [9.17, 15) is 13.2 Å². The number of ketones is 1. The fourth-order valence-electron chi connectivity index (χ4n) is 4.50. The Labute approximate surface area is 216 Å². The number of thioether (sulfide) groups is 1. The van der Waals surface area contributed by atoms with E-state index in [0.29, 0.717) is 12.3 Å². The normalized spacial score (nSPS) is 17.1. The van der Waals surface area contributed by atoms with Crippen LogP contribution in [0.25, 0.3) is 11.1 Å². The first-order chi connectivity index (χ1) is 17.5. The van der Waals surface area contributed by atoms with Crippen molar-refractivity contribution < 1.29 is 13.2 Å². The molecule has 4 aromatic rings. The number of Topliss-reactive ketones (excluding diaryl/α,β-unsaturated/α-hetero) is 1. The van der Waals surface area contributed by atoms with E-state index in [2.05, 4.69) is 4.98 Å². The number of carbonyl (C=O) groups is 1. The summed E-state index contributed by atoms with van der Waals surface area (Å²) in [6, 6.07) is 32.1. The zero-order valence-electron chi connectivity index (χ0n) is 19.6. The molecule has 0 N–H and O–H groups in total. The Morgan fingerprint density at radius 2 is 1.50 bits per heavy atom. The molecule has 1 unspecified atom stereocenters. The summed E-state index contributed by atoms with van der Waals surface area (Å²) in [5.41, 5.74) is 3.75. The summed E-state index contributed by atoms with van der Waals surface area (Å²) < 4.78 is 28.5. The fourth-order valence-corrected chi connectivity index (χ4v) is 7.67. The van der Waals surface area contributed by atoms with Crippen LogP contribution in [-0.4, -0.2) is 41.2 Å². The number of hydrogen-bond acceptors (Lipinski definition) is 5. The molecule has 0 bridgehead atoms. The lowest BCUT2D eigenvalue weighted by Gasteiger charge is -2.24. The lowest BCUT2D eigenvalue weighted by atomic mass is 9.90. The minimum atomic E-state index is -3.82. The molecule has 3 aromatic carbocycles. The number of sulfonamides is 1. The minimum Gasteiger partial charge on any atom is -0.297 e. The molecule has 2 atom stereocenters. The largest absolute Gasteiger partial charge is 0.297 e. The van der Waals surface area contributed by atoms with Crippen LogP contribution in [0.4, 0.5) is 0 Å². The highest BCUT2D eigenvalue weighted by molar-refractivity contribution is 8.02.